The van der Waals surface area contributed by atoms with Gasteiger partial charge in [-0.3, -0.25) is 0 Å². The normalized spacial score (nSPS) is 12.3. The molecule has 108 valence electrons. The lowest BCUT2D eigenvalue weighted by molar-refractivity contribution is 0.414. The molecule has 1 N–H and O–H groups in total. The fourth-order valence-corrected chi connectivity index (χ4v) is 2.27. The standard InChI is InChI=1S/C17H24N2O/c1-4-10-19-11-9-15(13-19)12-18-14(2)16-5-7-17(20-3)8-6-16/h5-9,11,13-14,18H,4,10,12H2,1-3H3. The molecule has 0 spiro atoms. The number of aromatic nitrogens is 1. The summed E-state index contributed by atoms with van der Waals surface area (Å²) in [7, 11) is 1.69. The Morgan fingerprint density at radius 3 is 2.60 bits per heavy atom. The van der Waals surface area contributed by atoms with Crippen molar-refractivity contribution in [2.45, 2.75) is 39.4 Å². The molecule has 1 aromatic carbocycles. The van der Waals surface area contributed by atoms with E-state index in [2.05, 4.69) is 54.3 Å². The van der Waals surface area contributed by atoms with E-state index in [-0.39, 0.29) is 0 Å². The van der Waals surface area contributed by atoms with E-state index in [0.717, 1.165) is 18.8 Å². The monoisotopic (exact) mass is 272 g/mol. The van der Waals surface area contributed by atoms with Crippen molar-refractivity contribution in [3.63, 3.8) is 0 Å². The van der Waals surface area contributed by atoms with Gasteiger partial charge in [-0.25, -0.2) is 0 Å². The van der Waals surface area contributed by atoms with Crippen LogP contribution in [0.3, 0.4) is 0 Å². The van der Waals surface area contributed by atoms with Crippen LogP contribution in [0.4, 0.5) is 0 Å². The van der Waals surface area contributed by atoms with Crippen LogP contribution < -0.4 is 10.1 Å². The highest BCUT2D eigenvalue weighted by atomic mass is 16.5. The number of hydrogen-bond donors (Lipinski definition) is 1. The Kier molecular flexibility index (Phi) is 5.24. The topological polar surface area (TPSA) is 26.2 Å². The minimum atomic E-state index is 0.329. The second kappa shape index (κ2) is 7.15. The molecule has 0 radical (unpaired) electrons. The van der Waals surface area contributed by atoms with Crippen molar-refractivity contribution in [2.24, 2.45) is 0 Å². The molecule has 1 atom stereocenters. The van der Waals surface area contributed by atoms with Crippen molar-refractivity contribution in [1.82, 2.24) is 9.88 Å². The van der Waals surface area contributed by atoms with Crippen LogP contribution >= 0.6 is 0 Å². The molecule has 3 nitrogen and oxygen atoms in total. The van der Waals surface area contributed by atoms with Crippen molar-refractivity contribution >= 4 is 0 Å². The molecular formula is C17H24N2O. The van der Waals surface area contributed by atoms with Crippen molar-refractivity contribution < 1.29 is 4.74 Å². The summed E-state index contributed by atoms with van der Waals surface area (Å²) in [6.45, 7) is 6.37. The number of hydrogen-bond acceptors (Lipinski definition) is 2. The van der Waals surface area contributed by atoms with E-state index >= 15 is 0 Å². The highest BCUT2D eigenvalue weighted by Crippen LogP contribution is 2.17. The summed E-state index contributed by atoms with van der Waals surface area (Å²) >= 11 is 0. The van der Waals surface area contributed by atoms with Crippen molar-refractivity contribution in [2.75, 3.05) is 7.11 Å². The van der Waals surface area contributed by atoms with Gasteiger partial charge in [-0.05, 0) is 42.7 Å². The zero-order valence-corrected chi connectivity index (χ0v) is 12.6. The van der Waals surface area contributed by atoms with Crippen LogP contribution in [0.15, 0.2) is 42.7 Å². The molecule has 0 saturated heterocycles. The average Bonchev–Trinajstić information content (AvgIpc) is 2.93. The Labute approximate surface area is 121 Å². The summed E-state index contributed by atoms with van der Waals surface area (Å²) < 4.78 is 7.43. The van der Waals surface area contributed by atoms with Crippen LogP contribution in [0.1, 0.15) is 37.4 Å². The number of benzene rings is 1. The van der Waals surface area contributed by atoms with E-state index in [0.29, 0.717) is 6.04 Å². The molecule has 2 rings (SSSR count). The predicted molar refractivity (Wildman–Crippen MR) is 83.0 cm³/mol. The highest BCUT2D eigenvalue weighted by molar-refractivity contribution is 5.28. The second-order valence-electron chi connectivity index (χ2n) is 5.13. The molecule has 1 aromatic heterocycles. The maximum Gasteiger partial charge on any atom is 0.118 e. The number of ether oxygens (including phenoxy) is 1. The number of nitrogens with zero attached hydrogens (tertiary/aromatic N) is 1. The van der Waals surface area contributed by atoms with Gasteiger partial charge in [-0.15, -0.1) is 0 Å². The highest BCUT2D eigenvalue weighted by Gasteiger charge is 2.05. The first-order valence-corrected chi connectivity index (χ1v) is 7.25. The van der Waals surface area contributed by atoms with E-state index < -0.39 is 0 Å². The van der Waals surface area contributed by atoms with Crippen LogP contribution in [0.2, 0.25) is 0 Å². The van der Waals surface area contributed by atoms with Crippen LogP contribution in [0.25, 0.3) is 0 Å². The number of rotatable bonds is 7. The van der Waals surface area contributed by atoms with Crippen LogP contribution in [0, 0.1) is 0 Å². The van der Waals surface area contributed by atoms with E-state index in [1.807, 2.05) is 12.1 Å². The molecule has 0 aliphatic heterocycles. The zero-order valence-electron chi connectivity index (χ0n) is 12.6. The Morgan fingerprint density at radius 2 is 1.95 bits per heavy atom. The van der Waals surface area contributed by atoms with Gasteiger partial charge in [0.1, 0.15) is 5.75 Å². The fourth-order valence-electron chi connectivity index (χ4n) is 2.27. The molecule has 2 aromatic rings. The Morgan fingerprint density at radius 1 is 1.20 bits per heavy atom. The first-order chi connectivity index (χ1) is 9.72. The SMILES string of the molecule is CCCn1ccc(CNC(C)c2ccc(OC)cc2)c1. The number of methoxy groups -OCH3 is 1. The third-order valence-electron chi connectivity index (χ3n) is 3.52. The van der Waals surface area contributed by atoms with Crippen molar-refractivity contribution in [3.05, 3.63) is 53.9 Å². The summed E-state index contributed by atoms with van der Waals surface area (Å²) in [6.07, 6.45) is 5.54. The maximum atomic E-state index is 5.18. The molecule has 20 heavy (non-hydrogen) atoms. The van der Waals surface area contributed by atoms with Crippen molar-refractivity contribution in [3.8, 4) is 5.75 Å². The molecule has 0 amide bonds. The van der Waals surface area contributed by atoms with Gasteiger partial charge in [0, 0.05) is 31.5 Å². The molecule has 0 aliphatic rings. The first kappa shape index (κ1) is 14.7. The van der Waals surface area contributed by atoms with E-state index in [1.165, 1.54) is 17.5 Å². The minimum absolute atomic E-state index is 0.329. The van der Waals surface area contributed by atoms with E-state index in [1.54, 1.807) is 7.11 Å². The lowest BCUT2D eigenvalue weighted by atomic mass is 10.1. The van der Waals surface area contributed by atoms with E-state index in [4.69, 9.17) is 4.74 Å². The third-order valence-corrected chi connectivity index (χ3v) is 3.52. The average molecular weight is 272 g/mol. The predicted octanol–water partition coefficient (Wildman–Crippen LogP) is 3.76. The van der Waals surface area contributed by atoms with Crippen molar-refractivity contribution in [1.29, 1.82) is 0 Å². The summed E-state index contributed by atoms with van der Waals surface area (Å²) in [5, 5.41) is 3.55. The Balaban J connectivity index is 1.88. The lowest BCUT2D eigenvalue weighted by Crippen LogP contribution is -2.17. The van der Waals surface area contributed by atoms with Gasteiger partial charge in [0.05, 0.1) is 7.11 Å². The minimum Gasteiger partial charge on any atom is -0.497 e. The van der Waals surface area contributed by atoms with Gasteiger partial charge in [0.25, 0.3) is 0 Å². The number of nitrogens with one attached hydrogen (secondary N) is 1. The quantitative estimate of drug-likeness (QED) is 0.830. The molecule has 3 heteroatoms. The van der Waals surface area contributed by atoms with Gasteiger partial charge in [-0.1, -0.05) is 19.1 Å². The van der Waals surface area contributed by atoms with Gasteiger partial charge < -0.3 is 14.6 Å². The fraction of sp³-hybridized carbons (Fsp3) is 0.412. The zero-order chi connectivity index (χ0) is 14.4. The third kappa shape index (κ3) is 3.87. The summed E-state index contributed by atoms with van der Waals surface area (Å²) in [6, 6.07) is 10.7. The van der Waals surface area contributed by atoms with Crippen LogP contribution in [0.5, 0.6) is 5.75 Å². The molecular weight excluding hydrogens is 248 g/mol. The van der Waals surface area contributed by atoms with Gasteiger partial charge in [0.2, 0.25) is 0 Å². The van der Waals surface area contributed by atoms with Crippen LogP contribution in [-0.2, 0) is 13.1 Å². The Hall–Kier alpha value is -1.74. The largest absolute Gasteiger partial charge is 0.497 e. The lowest BCUT2D eigenvalue weighted by Gasteiger charge is -2.14. The van der Waals surface area contributed by atoms with Gasteiger partial charge >= 0.3 is 0 Å². The molecule has 1 unspecified atom stereocenters. The smallest absolute Gasteiger partial charge is 0.118 e. The van der Waals surface area contributed by atoms with Gasteiger partial charge in [-0.2, -0.15) is 0 Å². The summed E-state index contributed by atoms with van der Waals surface area (Å²) in [5.74, 6) is 0.901. The van der Waals surface area contributed by atoms with E-state index in [9.17, 15) is 0 Å². The maximum absolute atomic E-state index is 5.18. The Bertz CT molecular complexity index is 516. The second-order valence-corrected chi connectivity index (χ2v) is 5.13. The van der Waals surface area contributed by atoms with Gasteiger partial charge in [0.15, 0.2) is 0 Å². The molecule has 0 aliphatic carbocycles. The number of aryl methyl sites for hydroxylation is 1. The van der Waals surface area contributed by atoms with Crippen LogP contribution in [-0.4, -0.2) is 11.7 Å². The molecule has 0 fully saturated rings. The molecule has 1 heterocycles. The first-order valence-electron chi connectivity index (χ1n) is 7.25. The molecule has 0 saturated carbocycles. The summed E-state index contributed by atoms with van der Waals surface area (Å²) in [5.41, 5.74) is 2.61. The summed E-state index contributed by atoms with van der Waals surface area (Å²) in [4.78, 5) is 0. The molecule has 0 bridgehead atoms.